The Morgan fingerprint density at radius 2 is 1.48 bits per heavy atom. The second-order valence-electron chi connectivity index (χ2n) is 6.47. The van der Waals surface area contributed by atoms with Crippen molar-refractivity contribution in [3.63, 3.8) is 0 Å². The van der Waals surface area contributed by atoms with Crippen molar-refractivity contribution in [1.82, 2.24) is 5.32 Å². The maximum Gasteiger partial charge on any atom is 0.0331 e. The van der Waals surface area contributed by atoms with E-state index in [0.29, 0.717) is 12.0 Å². The molecule has 2 heteroatoms. The van der Waals surface area contributed by atoms with Gasteiger partial charge in [0.25, 0.3) is 0 Å². The topological polar surface area (TPSA) is 38.0 Å². The molecule has 1 saturated heterocycles. The van der Waals surface area contributed by atoms with Gasteiger partial charge < -0.3 is 11.1 Å². The van der Waals surface area contributed by atoms with Gasteiger partial charge in [-0.15, -0.1) is 0 Å². The van der Waals surface area contributed by atoms with Gasteiger partial charge in [0.15, 0.2) is 0 Å². The summed E-state index contributed by atoms with van der Waals surface area (Å²) in [6, 6.07) is 22.2. The molecule has 4 unspecified atom stereocenters. The predicted octanol–water partition coefficient (Wildman–Crippen LogP) is 2.75. The van der Waals surface area contributed by atoms with E-state index in [0.717, 1.165) is 18.4 Å². The fourth-order valence-electron chi connectivity index (χ4n) is 3.93. The largest absolute Gasteiger partial charge is 0.326 e. The summed E-state index contributed by atoms with van der Waals surface area (Å²) >= 11 is 0. The number of benzene rings is 2. The SMILES string of the molecule is NC1C2CC2CNC1C(c1ccccc1)c1ccccc1. The highest BCUT2D eigenvalue weighted by molar-refractivity contribution is 5.36. The lowest BCUT2D eigenvalue weighted by Crippen LogP contribution is -2.54. The number of rotatable bonds is 3. The number of hydrogen-bond donors (Lipinski definition) is 2. The zero-order valence-corrected chi connectivity index (χ0v) is 12.2. The number of fused-ring (bicyclic) bond motifs is 1. The molecule has 0 radical (unpaired) electrons. The molecular weight excluding hydrogens is 256 g/mol. The van der Waals surface area contributed by atoms with Gasteiger partial charge >= 0.3 is 0 Å². The van der Waals surface area contributed by atoms with E-state index in [1.54, 1.807) is 0 Å². The van der Waals surface area contributed by atoms with Crippen LogP contribution in [0.25, 0.3) is 0 Å². The Balaban J connectivity index is 1.73. The van der Waals surface area contributed by atoms with Crippen LogP contribution in [0.5, 0.6) is 0 Å². The summed E-state index contributed by atoms with van der Waals surface area (Å²) < 4.78 is 0. The van der Waals surface area contributed by atoms with E-state index < -0.39 is 0 Å². The standard InChI is InChI=1S/C19H22N2/c20-18-16-11-15(16)12-21-19(18)17(13-7-3-1-4-8-13)14-9-5-2-6-10-14/h1-10,15-19,21H,11-12,20H2. The zero-order valence-electron chi connectivity index (χ0n) is 12.2. The average Bonchev–Trinajstić information content (AvgIpc) is 3.33. The first-order valence-corrected chi connectivity index (χ1v) is 7.93. The van der Waals surface area contributed by atoms with Crippen molar-refractivity contribution in [2.24, 2.45) is 17.6 Å². The Morgan fingerprint density at radius 1 is 0.905 bits per heavy atom. The monoisotopic (exact) mass is 278 g/mol. The highest BCUT2D eigenvalue weighted by atomic mass is 15.0. The smallest absolute Gasteiger partial charge is 0.0331 e. The predicted molar refractivity (Wildman–Crippen MR) is 86.1 cm³/mol. The molecule has 1 saturated carbocycles. The molecule has 3 N–H and O–H groups in total. The summed E-state index contributed by atoms with van der Waals surface area (Å²) in [6.45, 7) is 1.12. The van der Waals surface area contributed by atoms with Crippen LogP contribution in [0.1, 0.15) is 23.5 Å². The van der Waals surface area contributed by atoms with Gasteiger partial charge in [-0.25, -0.2) is 0 Å². The van der Waals surface area contributed by atoms with Crippen molar-refractivity contribution < 1.29 is 0 Å². The second kappa shape index (κ2) is 5.28. The van der Waals surface area contributed by atoms with Crippen LogP contribution < -0.4 is 11.1 Å². The van der Waals surface area contributed by atoms with Crippen molar-refractivity contribution in [2.45, 2.75) is 24.4 Å². The maximum atomic E-state index is 6.58. The first-order chi connectivity index (χ1) is 10.3. The maximum absolute atomic E-state index is 6.58. The summed E-state index contributed by atoms with van der Waals surface area (Å²) in [4.78, 5) is 0. The minimum absolute atomic E-state index is 0.258. The number of nitrogens with two attached hydrogens (primary N) is 1. The Bertz CT molecular complexity index is 556. The van der Waals surface area contributed by atoms with Crippen LogP contribution in [-0.2, 0) is 0 Å². The molecule has 2 nitrogen and oxygen atoms in total. The van der Waals surface area contributed by atoms with Gasteiger partial charge in [-0.2, -0.15) is 0 Å². The quantitative estimate of drug-likeness (QED) is 0.906. The molecule has 108 valence electrons. The van der Waals surface area contributed by atoms with Crippen molar-refractivity contribution in [1.29, 1.82) is 0 Å². The molecular formula is C19H22N2. The van der Waals surface area contributed by atoms with E-state index in [1.165, 1.54) is 17.5 Å². The van der Waals surface area contributed by atoms with Gasteiger partial charge in [0.1, 0.15) is 0 Å². The first kappa shape index (κ1) is 13.1. The number of hydrogen-bond acceptors (Lipinski definition) is 2. The van der Waals surface area contributed by atoms with Crippen molar-refractivity contribution in [3.05, 3.63) is 71.8 Å². The third-order valence-electron chi connectivity index (χ3n) is 5.18. The number of piperidine rings is 1. The molecule has 2 fully saturated rings. The van der Waals surface area contributed by atoms with E-state index >= 15 is 0 Å². The second-order valence-corrected chi connectivity index (χ2v) is 6.47. The molecule has 1 aliphatic carbocycles. The van der Waals surface area contributed by atoms with Crippen LogP contribution in [0.4, 0.5) is 0 Å². The molecule has 0 bridgehead atoms. The van der Waals surface area contributed by atoms with Crippen LogP contribution >= 0.6 is 0 Å². The lowest BCUT2D eigenvalue weighted by Gasteiger charge is -2.36. The van der Waals surface area contributed by atoms with E-state index in [4.69, 9.17) is 5.73 Å². The Kier molecular flexibility index (Phi) is 3.28. The number of nitrogens with one attached hydrogen (secondary N) is 1. The highest BCUT2D eigenvalue weighted by Crippen LogP contribution is 2.46. The summed E-state index contributed by atoms with van der Waals surface area (Å²) in [7, 11) is 0. The van der Waals surface area contributed by atoms with Gasteiger partial charge in [0.05, 0.1) is 0 Å². The lowest BCUT2D eigenvalue weighted by atomic mass is 9.79. The summed E-state index contributed by atoms with van der Waals surface area (Å²) in [6.07, 6.45) is 1.31. The van der Waals surface area contributed by atoms with E-state index in [1.807, 2.05) is 0 Å². The van der Waals surface area contributed by atoms with Crippen LogP contribution in [0.15, 0.2) is 60.7 Å². The first-order valence-electron chi connectivity index (χ1n) is 7.93. The molecule has 2 aromatic carbocycles. The highest BCUT2D eigenvalue weighted by Gasteiger charge is 2.49. The normalized spacial score (nSPS) is 31.0. The summed E-state index contributed by atoms with van der Waals surface area (Å²) in [5.41, 5.74) is 9.29. The third-order valence-corrected chi connectivity index (χ3v) is 5.18. The Morgan fingerprint density at radius 3 is 2.05 bits per heavy atom. The van der Waals surface area contributed by atoms with Gasteiger partial charge in [-0.1, -0.05) is 60.7 Å². The fraction of sp³-hybridized carbons (Fsp3) is 0.368. The third kappa shape index (κ3) is 2.39. The van der Waals surface area contributed by atoms with Crippen molar-refractivity contribution in [2.75, 3.05) is 6.54 Å². The van der Waals surface area contributed by atoms with Gasteiger partial charge in [-0.3, -0.25) is 0 Å². The average molecular weight is 278 g/mol. The van der Waals surface area contributed by atoms with E-state index in [-0.39, 0.29) is 6.04 Å². The molecule has 4 rings (SSSR count). The zero-order chi connectivity index (χ0) is 14.2. The van der Waals surface area contributed by atoms with Crippen molar-refractivity contribution in [3.8, 4) is 0 Å². The molecule has 1 heterocycles. The molecule has 2 aromatic rings. The van der Waals surface area contributed by atoms with Gasteiger partial charge in [0.2, 0.25) is 0 Å². The fourth-order valence-corrected chi connectivity index (χ4v) is 3.93. The van der Waals surface area contributed by atoms with Gasteiger partial charge in [0, 0.05) is 18.0 Å². The molecule has 0 spiro atoms. The molecule has 2 aliphatic rings. The molecule has 4 atom stereocenters. The minimum atomic E-state index is 0.258. The summed E-state index contributed by atoms with van der Waals surface area (Å²) in [5.74, 6) is 1.89. The molecule has 1 aliphatic heterocycles. The Hall–Kier alpha value is -1.64. The van der Waals surface area contributed by atoms with E-state index in [2.05, 4.69) is 66.0 Å². The van der Waals surface area contributed by atoms with E-state index in [9.17, 15) is 0 Å². The lowest BCUT2D eigenvalue weighted by molar-refractivity contribution is 0.311. The van der Waals surface area contributed by atoms with Crippen LogP contribution in [-0.4, -0.2) is 18.6 Å². The summed E-state index contributed by atoms with van der Waals surface area (Å²) in [5, 5.41) is 3.73. The Labute approximate surface area is 126 Å². The van der Waals surface area contributed by atoms with Crippen LogP contribution in [0.3, 0.4) is 0 Å². The molecule has 0 aromatic heterocycles. The van der Waals surface area contributed by atoms with Crippen LogP contribution in [0, 0.1) is 11.8 Å². The van der Waals surface area contributed by atoms with Crippen LogP contribution in [0.2, 0.25) is 0 Å². The van der Waals surface area contributed by atoms with Gasteiger partial charge in [-0.05, 0) is 35.9 Å². The molecule has 21 heavy (non-hydrogen) atoms. The minimum Gasteiger partial charge on any atom is -0.326 e. The molecule has 0 amide bonds. The van der Waals surface area contributed by atoms with Crippen molar-refractivity contribution >= 4 is 0 Å².